The molecule has 2 N–H and O–H groups in total. The maximum Gasteiger partial charge on any atom is 0.191 e. The fourth-order valence-corrected chi connectivity index (χ4v) is 2.28. The summed E-state index contributed by atoms with van der Waals surface area (Å²) in [4.78, 5) is 4.28. The molecule has 2 aromatic heterocycles. The molecular weight excluding hydrogens is 250 g/mol. The van der Waals surface area contributed by atoms with Crippen LogP contribution in [0.5, 0.6) is 5.75 Å². The van der Waals surface area contributed by atoms with Gasteiger partial charge in [0.1, 0.15) is 11.6 Å². The molecule has 7 heteroatoms. The van der Waals surface area contributed by atoms with E-state index in [0.717, 1.165) is 22.4 Å². The summed E-state index contributed by atoms with van der Waals surface area (Å²) in [6, 6.07) is 3.73. The number of thioether (sulfide) groups is 1. The van der Waals surface area contributed by atoms with Crippen molar-refractivity contribution in [3.63, 3.8) is 0 Å². The van der Waals surface area contributed by atoms with Gasteiger partial charge in [0.2, 0.25) is 0 Å². The number of nitrogens with zero attached hydrogens (tertiary/aromatic N) is 4. The highest BCUT2D eigenvalue weighted by Gasteiger charge is 2.08. The fourth-order valence-electron chi connectivity index (χ4n) is 1.45. The SMILES string of the molecule is COc1ccnc(CSc2nnc(CN)n2C)c1. The summed E-state index contributed by atoms with van der Waals surface area (Å²) in [7, 11) is 3.55. The van der Waals surface area contributed by atoms with Crippen LogP contribution in [0.3, 0.4) is 0 Å². The topological polar surface area (TPSA) is 78.8 Å². The summed E-state index contributed by atoms with van der Waals surface area (Å²) in [6.45, 7) is 0.390. The van der Waals surface area contributed by atoms with Gasteiger partial charge in [-0.25, -0.2) is 0 Å². The third-order valence-electron chi connectivity index (χ3n) is 2.48. The molecule has 6 nitrogen and oxygen atoms in total. The normalized spacial score (nSPS) is 10.6. The lowest BCUT2D eigenvalue weighted by Crippen LogP contribution is -2.05. The minimum Gasteiger partial charge on any atom is -0.497 e. The van der Waals surface area contributed by atoms with Gasteiger partial charge in [0.05, 0.1) is 19.3 Å². The summed E-state index contributed by atoms with van der Waals surface area (Å²) < 4.78 is 7.05. The van der Waals surface area contributed by atoms with E-state index in [2.05, 4.69) is 15.2 Å². The summed E-state index contributed by atoms with van der Waals surface area (Å²) in [5.41, 5.74) is 6.49. The van der Waals surface area contributed by atoms with Gasteiger partial charge in [-0.15, -0.1) is 10.2 Å². The molecule has 0 aliphatic heterocycles. The van der Waals surface area contributed by atoms with Gasteiger partial charge in [0, 0.05) is 25.1 Å². The third-order valence-corrected chi connectivity index (χ3v) is 3.53. The number of hydrogen-bond donors (Lipinski definition) is 1. The van der Waals surface area contributed by atoms with Crippen LogP contribution in [0.1, 0.15) is 11.5 Å². The zero-order valence-electron chi connectivity index (χ0n) is 10.3. The molecule has 0 saturated heterocycles. The summed E-state index contributed by atoms with van der Waals surface area (Å²) in [6.07, 6.45) is 1.73. The molecule has 0 aromatic carbocycles. The Balaban J connectivity index is 2.04. The van der Waals surface area contributed by atoms with Crippen LogP contribution >= 0.6 is 11.8 Å². The summed E-state index contributed by atoms with van der Waals surface area (Å²) in [5, 5.41) is 8.92. The lowest BCUT2D eigenvalue weighted by molar-refractivity contribution is 0.413. The van der Waals surface area contributed by atoms with Crippen LogP contribution in [0, 0.1) is 0 Å². The molecule has 0 aliphatic carbocycles. The second-order valence-corrected chi connectivity index (χ2v) is 4.58. The highest BCUT2D eigenvalue weighted by atomic mass is 32.2. The van der Waals surface area contributed by atoms with Crippen molar-refractivity contribution < 1.29 is 4.74 Å². The number of aromatic nitrogens is 4. The first-order valence-electron chi connectivity index (χ1n) is 5.44. The van der Waals surface area contributed by atoms with Gasteiger partial charge < -0.3 is 15.0 Å². The Hall–Kier alpha value is -1.60. The Morgan fingerprint density at radius 2 is 2.28 bits per heavy atom. The number of methoxy groups -OCH3 is 1. The minimum atomic E-state index is 0.390. The predicted octanol–water partition coefficient (Wildman–Crippen LogP) is 0.970. The number of hydrogen-bond acceptors (Lipinski definition) is 6. The van der Waals surface area contributed by atoms with Crippen molar-refractivity contribution in [2.24, 2.45) is 12.8 Å². The lowest BCUT2D eigenvalue weighted by Gasteiger charge is -2.04. The van der Waals surface area contributed by atoms with Gasteiger partial charge in [-0.2, -0.15) is 0 Å². The molecule has 0 saturated carbocycles. The van der Waals surface area contributed by atoms with Crippen LogP contribution in [-0.4, -0.2) is 26.9 Å². The predicted molar refractivity (Wildman–Crippen MR) is 69.2 cm³/mol. The van der Waals surface area contributed by atoms with E-state index in [0.29, 0.717) is 12.3 Å². The second kappa shape index (κ2) is 5.83. The van der Waals surface area contributed by atoms with Crippen LogP contribution in [-0.2, 0) is 19.3 Å². The number of pyridine rings is 1. The lowest BCUT2D eigenvalue weighted by atomic mass is 10.3. The van der Waals surface area contributed by atoms with Crippen LogP contribution in [0.25, 0.3) is 0 Å². The molecule has 2 rings (SSSR count). The van der Waals surface area contributed by atoms with Crippen molar-refractivity contribution in [1.29, 1.82) is 0 Å². The van der Waals surface area contributed by atoms with Crippen LogP contribution in [0.4, 0.5) is 0 Å². The van der Waals surface area contributed by atoms with E-state index in [9.17, 15) is 0 Å². The quantitative estimate of drug-likeness (QED) is 0.812. The van der Waals surface area contributed by atoms with Crippen molar-refractivity contribution in [1.82, 2.24) is 19.7 Å². The molecule has 96 valence electrons. The smallest absolute Gasteiger partial charge is 0.191 e. The Morgan fingerprint density at radius 3 is 2.94 bits per heavy atom. The zero-order valence-corrected chi connectivity index (χ0v) is 11.1. The van der Waals surface area contributed by atoms with Crippen molar-refractivity contribution in [3.8, 4) is 5.75 Å². The average molecular weight is 265 g/mol. The summed E-state index contributed by atoms with van der Waals surface area (Å²) in [5.74, 6) is 2.30. The van der Waals surface area contributed by atoms with Crippen LogP contribution < -0.4 is 10.5 Å². The maximum absolute atomic E-state index is 5.55. The van der Waals surface area contributed by atoms with Crippen molar-refractivity contribution in [3.05, 3.63) is 29.8 Å². The molecule has 18 heavy (non-hydrogen) atoms. The molecule has 0 aliphatic rings. The summed E-state index contributed by atoms with van der Waals surface area (Å²) >= 11 is 1.57. The standard InChI is InChI=1S/C11H15N5OS/c1-16-10(6-12)14-15-11(16)18-7-8-5-9(17-2)3-4-13-8/h3-5H,6-7,12H2,1-2H3. The Bertz CT molecular complexity index is 528. The van der Waals surface area contributed by atoms with E-state index in [-0.39, 0.29) is 0 Å². The molecule has 0 unspecified atom stereocenters. The molecule has 2 heterocycles. The van der Waals surface area contributed by atoms with E-state index >= 15 is 0 Å². The van der Waals surface area contributed by atoms with Gasteiger partial charge in [0.15, 0.2) is 5.16 Å². The van der Waals surface area contributed by atoms with Gasteiger partial charge in [0.25, 0.3) is 0 Å². The van der Waals surface area contributed by atoms with E-state index in [1.807, 2.05) is 23.7 Å². The van der Waals surface area contributed by atoms with Crippen molar-refractivity contribution >= 4 is 11.8 Å². The largest absolute Gasteiger partial charge is 0.497 e. The molecule has 2 aromatic rings. The number of nitrogens with two attached hydrogens (primary N) is 1. The fraction of sp³-hybridized carbons (Fsp3) is 0.364. The van der Waals surface area contributed by atoms with Gasteiger partial charge in [-0.3, -0.25) is 4.98 Å². The molecule has 0 spiro atoms. The highest BCUT2D eigenvalue weighted by molar-refractivity contribution is 7.98. The minimum absolute atomic E-state index is 0.390. The Labute approximate surface area is 110 Å². The molecule has 0 atom stereocenters. The van der Waals surface area contributed by atoms with Crippen molar-refractivity contribution in [2.75, 3.05) is 7.11 Å². The van der Waals surface area contributed by atoms with Crippen LogP contribution in [0.2, 0.25) is 0 Å². The maximum atomic E-state index is 5.55. The Kier molecular flexibility index (Phi) is 4.16. The van der Waals surface area contributed by atoms with Gasteiger partial charge in [-0.1, -0.05) is 11.8 Å². The molecular formula is C11H15N5OS. The first-order chi connectivity index (χ1) is 8.74. The van der Waals surface area contributed by atoms with Gasteiger partial charge >= 0.3 is 0 Å². The van der Waals surface area contributed by atoms with Crippen molar-refractivity contribution in [2.45, 2.75) is 17.5 Å². The second-order valence-electron chi connectivity index (χ2n) is 3.64. The van der Waals surface area contributed by atoms with E-state index in [4.69, 9.17) is 10.5 Å². The monoisotopic (exact) mass is 265 g/mol. The van der Waals surface area contributed by atoms with Crippen LogP contribution in [0.15, 0.2) is 23.5 Å². The molecule has 0 amide bonds. The first kappa shape index (κ1) is 12.8. The molecule has 0 radical (unpaired) electrons. The average Bonchev–Trinajstić information content (AvgIpc) is 2.77. The molecule has 0 bridgehead atoms. The number of ether oxygens (including phenoxy) is 1. The van der Waals surface area contributed by atoms with Gasteiger partial charge in [-0.05, 0) is 6.07 Å². The van der Waals surface area contributed by atoms with E-state index < -0.39 is 0 Å². The van der Waals surface area contributed by atoms with E-state index in [1.165, 1.54) is 0 Å². The van der Waals surface area contributed by atoms with E-state index in [1.54, 1.807) is 25.1 Å². The molecule has 0 fully saturated rings. The first-order valence-corrected chi connectivity index (χ1v) is 6.43. The zero-order chi connectivity index (χ0) is 13.0. The highest BCUT2D eigenvalue weighted by Crippen LogP contribution is 2.21. The number of rotatable bonds is 5. The Morgan fingerprint density at radius 1 is 1.44 bits per heavy atom. The third kappa shape index (κ3) is 2.80.